The number of phenolic OH excluding ortho intramolecular Hbond substituents is 1. The Hall–Kier alpha value is -3.33. The molecule has 22 heavy (non-hydrogen) atoms. The van der Waals surface area contributed by atoms with Gasteiger partial charge in [0.2, 0.25) is 5.75 Å². The van der Waals surface area contributed by atoms with Crippen molar-refractivity contribution in [1.29, 1.82) is 5.26 Å². The molecular weight excluding hydrogens is 284 g/mol. The van der Waals surface area contributed by atoms with Gasteiger partial charge in [-0.25, -0.2) is 0 Å². The zero-order chi connectivity index (χ0) is 16.1. The number of nitriles is 1. The molecule has 110 valence electrons. The van der Waals surface area contributed by atoms with Gasteiger partial charge in [-0.1, -0.05) is 30.3 Å². The molecule has 2 rings (SSSR count). The van der Waals surface area contributed by atoms with E-state index < -0.39 is 16.4 Å². The lowest BCUT2D eigenvalue weighted by atomic mass is 10.0. The summed E-state index contributed by atoms with van der Waals surface area (Å²) in [6.07, 6.45) is 1.50. The number of rotatable bonds is 4. The van der Waals surface area contributed by atoms with Gasteiger partial charge in [0.15, 0.2) is 5.75 Å². The Labute approximate surface area is 126 Å². The van der Waals surface area contributed by atoms with Crippen molar-refractivity contribution in [3.8, 4) is 17.6 Å². The van der Waals surface area contributed by atoms with Crippen molar-refractivity contribution in [2.24, 2.45) is 0 Å². The first-order chi connectivity index (χ1) is 10.6. The van der Waals surface area contributed by atoms with Gasteiger partial charge in [0.1, 0.15) is 0 Å². The van der Waals surface area contributed by atoms with Crippen LogP contribution in [0.5, 0.6) is 11.5 Å². The van der Waals surface area contributed by atoms with Crippen molar-refractivity contribution in [2.45, 2.75) is 0 Å². The standard InChI is InChI=1S/C16H12N2O4/c1-22-15-9-11(8-14(16(15)19)18(20)21)7-13(10-17)12-5-3-2-4-6-12/h2-9,19H,1H3. The molecule has 0 saturated carbocycles. The van der Waals surface area contributed by atoms with Crippen LogP contribution in [-0.2, 0) is 0 Å². The number of hydrogen-bond donors (Lipinski definition) is 1. The van der Waals surface area contributed by atoms with Crippen LogP contribution < -0.4 is 4.74 Å². The average molecular weight is 296 g/mol. The summed E-state index contributed by atoms with van der Waals surface area (Å²) in [5, 5.41) is 30.0. The fourth-order valence-electron chi connectivity index (χ4n) is 1.96. The molecule has 0 fully saturated rings. The number of methoxy groups -OCH3 is 1. The van der Waals surface area contributed by atoms with Crippen molar-refractivity contribution < 1.29 is 14.8 Å². The Kier molecular flexibility index (Phi) is 4.39. The molecule has 6 nitrogen and oxygen atoms in total. The lowest BCUT2D eigenvalue weighted by Gasteiger charge is -2.06. The van der Waals surface area contributed by atoms with Crippen LogP contribution in [0.2, 0.25) is 0 Å². The van der Waals surface area contributed by atoms with E-state index in [2.05, 4.69) is 6.07 Å². The fraction of sp³-hybridized carbons (Fsp3) is 0.0625. The predicted molar refractivity (Wildman–Crippen MR) is 81.2 cm³/mol. The number of hydrogen-bond acceptors (Lipinski definition) is 5. The zero-order valence-corrected chi connectivity index (χ0v) is 11.7. The molecule has 6 heteroatoms. The summed E-state index contributed by atoms with van der Waals surface area (Å²) in [5.74, 6) is -0.561. The Morgan fingerprint density at radius 1 is 1.36 bits per heavy atom. The summed E-state index contributed by atoms with van der Waals surface area (Å²) in [6.45, 7) is 0. The molecular formula is C16H12N2O4. The molecule has 1 N–H and O–H groups in total. The van der Waals surface area contributed by atoms with Gasteiger partial charge in [-0.05, 0) is 23.3 Å². The summed E-state index contributed by atoms with van der Waals surface area (Å²) in [4.78, 5) is 10.3. The van der Waals surface area contributed by atoms with E-state index in [-0.39, 0.29) is 5.75 Å². The Morgan fingerprint density at radius 2 is 2.05 bits per heavy atom. The number of aromatic hydroxyl groups is 1. The van der Waals surface area contributed by atoms with E-state index >= 15 is 0 Å². The van der Waals surface area contributed by atoms with Gasteiger partial charge >= 0.3 is 5.69 Å². The maximum atomic E-state index is 11.0. The number of benzene rings is 2. The Balaban J connectivity index is 2.57. The van der Waals surface area contributed by atoms with Crippen molar-refractivity contribution in [3.63, 3.8) is 0 Å². The highest BCUT2D eigenvalue weighted by atomic mass is 16.6. The van der Waals surface area contributed by atoms with Gasteiger partial charge in [0.25, 0.3) is 0 Å². The summed E-state index contributed by atoms with van der Waals surface area (Å²) in [5.41, 5.74) is 0.958. The number of nitro benzene ring substituents is 1. The van der Waals surface area contributed by atoms with Gasteiger partial charge in [0.05, 0.1) is 23.7 Å². The van der Waals surface area contributed by atoms with E-state index in [0.29, 0.717) is 16.7 Å². The lowest BCUT2D eigenvalue weighted by Crippen LogP contribution is -1.93. The molecule has 0 bridgehead atoms. The molecule has 0 aliphatic heterocycles. The van der Waals surface area contributed by atoms with Gasteiger partial charge in [-0.3, -0.25) is 10.1 Å². The minimum Gasteiger partial charge on any atom is -0.500 e. The van der Waals surface area contributed by atoms with Crippen LogP contribution in [0.1, 0.15) is 11.1 Å². The lowest BCUT2D eigenvalue weighted by molar-refractivity contribution is -0.386. The molecule has 0 saturated heterocycles. The molecule has 2 aromatic rings. The van der Waals surface area contributed by atoms with Crippen LogP contribution in [0.25, 0.3) is 11.6 Å². The molecule has 0 aliphatic carbocycles. The minimum absolute atomic E-state index is 0.0224. The Bertz CT molecular complexity index is 777. The molecule has 0 aliphatic rings. The van der Waals surface area contributed by atoms with Crippen LogP contribution >= 0.6 is 0 Å². The first-order valence-corrected chi connectivity index (χ1v) is 6.29. The van der Waals surface area contributed by atoms with E-state index in [4.69, 9.17) is 4.74 Å². The summed E-state index contributed by atoms with van der Waals surface area (Å²) in [7, 11) is 1.30. The zero-order valence-electron chi connectivity index (χ0n) is 11.7. The molecule has 2 aromatic carbocycles. The maximum absolute atomic E-state index is 11.0. The van der Waals surface area contributed by atoms with Gasteiger partial charge < -0.3 is 9.84 Å². The second-order valence-electron chi connectivity index (χ2n) is 4.38. The van der Waals surface area contributed by atoms with Crippen LogP contribution in [0.3, 0.4) is 0 Å². The van der Waals surface area contributed by atoms with Gasteiger partial charge in [0, 0.05) is 6.07 Å². The second-order valence-corrected chi connectivity index (χ2v) is 4.38. The topological polar surface area (TPSA) is 96.4 Å². The number of nitrogens with zero attached hydrogens (tertiary/aromatic N) is 2. The fourth-order valence-corrected chi connectivity index (χ4v) is 1.96. The number of phenols is 1. The monoisotopic (exact) mass is 296 g/mol. The van der Waals surface area contributed by atoms with E-state index in [9.17, 15) is 20.5 Å². The molecule has 0 aromatic heterocycles. The molecule has 0 spiro atoms. The highest BCUT2D eigenvalue weighted by molar-refractivity contribution is 5.90. The van der Waals surface area contributed by atoms with E-state index in [1.165, 1.54) is 25.3 Å². The maximum Gasteiger partial charge on any atom is 0.315 e. The SMILES string of the molecule is COc1cc(C=C(C#N)c2ccccc2)cc([N+](=O)[O-])c1O. The second kappa shape index (κ2) is 6.41. The highest BCUT2D eigenvalue weighted by Gasteiger charge is 2.19. The highest BCUT2D eigenvalue weighted by Crippen LogP contribution is 2.37. The van der Waals surface area contributed by atoms with Crippen molar-refractivity contribution in [2.75, 3.05) is 7.11 Å². The number of nitro groups is 1. The summed E-state index contributed by atoms with van der Waals surface area (Å²) >= 11 is 0. The summed E-state index contributed by atoms with van der Waals surface area (Å²) < 4.78 is 4.93. The van der Waals surface area contributed by atoms with E-state index in [0.717, 1.165) is 0 Å². The molecule has 0 heterocycles. The van der Waals surface area contributed by atoms with Crippen molar-refractivity contribution >= 4 is 17.3 Å². The first kappa shape index (κ1) is 15.1. The normalized spacial score (nSPS) is 10.8. The van der Waals surface area contributed by atoms with E-state index in [1.807, 2.05) is 6.07 Å². The Morgan fingerprint density at radius 3 is 2.59 bits per heavy atom. The molecule has 0 atom stereocenters. The van der Waals surface area contributed by atoms with Gasteiger partial charge in [-0.15, -0.1) is 0 Å². The average Bonchev–Trinajstić information content (AvgIpc) is 2.54. The van der Waals surface area contributed by atoms with Crippen LogP contribution in [0, 0.1) is 21.4 Å². The first-order valence-electron chi connectivity index (χ1n) is 6.29. The smallest absolute Gasteiger partial charge is 0.315 e. The minimum atomic E-state index is -0.705. The van der Waals surface area contributed by atoms with Crippen LogP contribution in [-0.4, -0.2) is 17.1 Å². The van der Waals surface area contributed by atoms with Crippen molar-refractivity contribution in [1.82, 2.24) is 0 Å². The number of allylic oxidation sites excluding steroid dienone is 1. The molecule has 0 unspecified atom stereocenters. The quantitative estimate of drug-likeness (QED) is 0.404. The third-order valence-electron chi connectivity index (χ3n) is 3.01. The molecule has 0 amide bonds. The third-order valence-corrected chi connectivity index (χ3v) is 3.01. The van der Waals surface area contributed by atoms with Crippen molar-refractivity contribution in [3.05, 3.63) is 63.7 Å². The van der Waals surface area contributed by atoms with Crippen LogP contribution in [0.15, 0.2) is 42.5 Å². The van der Waals surface area contributed by atoms with E-state index in [1.54, 1.807) is 24.3 Å². The predicted octanol–water partition coefficient (Wildman–Crippen LogP) is 3.37. The largest absolute Gasteiger partial charge is 0.500 e. The molecule has 0 radical (unpaired) electrons. The number of ether oxygens (including phenoxy) is 1. The third kappa shape index (κ3) is 3.04. The summed E-state index contributed by atoms with van der Waals surface area (Å²) in [6, 6.07) is 13.6. The van der Waals surface area contributed by atoms with Gasteiger partial charge in [-0.2, -0.15) is 5.26 Å². The van der Waals surface area contributed by atoms with Crippen LogP contribution in [0.4, 0.5) is 5.69 Å².